The van der Waals surface area contributed by atoms with Gasteiger partial charge in [-0.15, -0.1) is 0 Å². The molecule has 0 amide bonds. The van der Waals surface area contributed by atoms with Crippen LogP contribution in [0, 0.1) is 6.92 Å². The molecule has 0 aliphatic heterocycles. The summed E-state index contributed by atoms with van der Waals surface area (Å²) in [5, 5.41) is 8.72. The van der Waals surface area contributed by atoms with Gasteiger partial charge in [-0.2, -0.15) is 0 Å². The summed E-state index contributed by atoms with van der Waals surface area (Å²) in [5.41, 5.74) is 2.66. The molecule has 0 fully saturated rings. The van der Waals surface area contributed by atoms with E-state index in [1.54, 1.807) is 13.3 Å². The summed E-state index contributed by atoms with van der Waals surface area (Å²) in [6.45, 7) is 1.89. The predicted molar refractivity (Wildman–Crippen MR) is 66.6 cm³/mol. The Morgan fingerprint density at radius 3 is 2.94 bits per heavy atom. The molecular formula is C13H14N2O3. The molecule has 1 aromatic heterocycles. The molecule has 1 N–H and O–H groups in total. The topological polar surface area (TPSA) is 64.3 Å². The first kappa shape index (κ1) is 12.2. The Kier molecular flexibility index (Phi) is 3.32. The van der Waals surface area contributed by atoms with E-state index in [0.29, 0.717) is 5.69 Å². The largest absolute Gasteiger partial charge is 0.496 e. The first-order valence-corrected chi connectivity index (χ1v) is 5.48. The fraction of sp³-hybridized carbons (Fsp3) is 0.231. The van der Waals surface area contributed by atoms with Gasteiger partial charge >= 0.3 is 5.97 Å². The standard InChI is InChI=1S/C13H14N2O3/c1-9-3-4-12(18-2)10(5-9)11-6-15(8-14-11)7-13(16)17/h3-6,8H,7H2,1-2H3,(H,16,17). The third-order valence-electron chi connectivity index (χ3n) is 2.58. The highest BCUT2D eigenvalue weighted by molar-refractivity contribution is 5.69. The number of carbonyl (C=O) groups is 1. The second-order valence-corrected chi connectivity index (χ2v) is 4.03. The van der Waals surface area contributed by atoms with Crippen LogP contribution in [0.5, 0.6) is 5.75 Å². The van der Waals surface area contributed by atoms with Gasteiger partial charge in [-0.05, 0) is 19.1 Å². The third-order valence-corrected chi connectivity index (χ3v) is 2.58. The molecule has 1 heterocycles. The monoisotopic (exact) mass is 246 g/mol. The van der Waals surface area contributed by atoms with Crippen LogP contribution < -0.4 is 4.74 Å². The minimum absolute atomic E-state index is 0.0961. The Hall–Kier alpha value is -2.30. The van der Waals surface area contributed by atoms with E-state index in [0.717, 1.165) is 16.9 Å². The minimum Gasteiger partial charge on any atom is -0.496 e. The van der Waals surface area contributed by atoms with Gasteiger partial charge in [0.05, 0.1) is 19.1 Å². The zero-order valence-corrected chi connectivity index (χ0v) is 10.3. The molecule has 0 aliphatic rings. The van der Waals surface area contributed by atoms with Crippen molar-refractivity contribution in [3.8, 4) is 17.0 Å². The van der Waals surface area contributed by atoms with Crippen LogP contribution in [-0.2, 0) is 11.3 Å². The van der Waals surface area contributed by atoms with E-state index in [4.69, 9.17) is 9.84 Å². The molecule has 0 saturated heterocycles. The van der Waals surface area contributed by atoms with Crippen LogP contribution in [0.1, 0.15) is 5.56 Å². The van der Waals surface area contributed by atoms with Crippen LogP contribution in [0.25, 0.3) is 11.3 Å². The fourth-order valence-electron chi connectivity index (χ4n) is 1.76. The lowest BCUT2D eigenvalue weighted by atomic mass is 10.1. The van der Waals surface area contributed by atoms with Crippen LogP contribution in [0.2, 0.25) is 0 Å². The number of ether oxygens (including phenoxy) is 1. The van der Waals surface area contributed by atoms with Crippen LogP contribution >= 0.6 is 0 Å². The highest BCUT2D eigenvalue weighted by Crippen LogP contribution is 2.29. The van der Waals surface area contributed by atoms with Crippen molar-refractivity contribution in [1.29, 1.82) is 0 Å². The Bertz CT molecular complexity index is 575. The first-order chi connectivity index (χ1) is 8.60. The summed E-state index contributed by atoms with van der Waals surface area (Å²) in [7, 11) is 1.60. The van der Waals surface area contributed by atoms with E-state index >= 15 is 0 Å². The van der Waals surface area contributed by atoms with Gasteiger partial charge in [0, 0.05) is 11.8 Å². The number of aryl methyl sites for hydroxylation is 1. The number of imidazole rings is 1. The Labute approximate surface area is 105 Å². The highest BCUT2D eigenvalue weighted by atomic mass is 16.5. The number of carboxylic acids is 1. The molecule has 0 unspecified atom stereocenters. The van der Waals surface area contributed by atoms with Crippen molar-refractivity contribution < 1.29 is 14.6 Å². The van der Waals surface area contributed by atoms with Gasteiger partial charge in [-0.3, -0.25) is 4.79 Å². The molecule has 2 aromatic rings. The third kappa shape index (κ3) is 2.51. The van der Waals surface area contributed by atoms with Crippen molar-refractivity contribution in [3.63, 3.8) is 0 Å². The second-order valence-electron chi connectivity index (χ2n) is 4.03. The van der Waals surface area contributed by atoms with Crippen LogP contribution in [-0.4, -0.2) is 27.7 Å². The van der Waals surface area contributed by atoms with E-state index < -0.39 is 5.97 Å². The van der Waals surface area contributed by atoms with Crippen molar-refractivity contribution >= 4 is 5.97 Å². The average Bonchev–Trinajstić information content (AvgIpc) is 2.76. The van der Waals surface area contributed by atoms with Crippen molar-refractivity contribution in [3.05, 3.63) is 36.3 Å². The van der Waals surface area contributed by atoms with Crippen LogP contribution in [0.15, 0.2) is 30.7 Å². The number of carboxylic acid groups (broad SMARTS) is 1. The van der Waals surface area contributed by atoms with Crippen molar-refractivity contribution in [1.82, 2.24) is 9.55 Å². The summed E-state index contributed by atoms with van der Waals surface area (Å²) < 4.78 is 6.81. The number of hydrogen-bond acceptors (Lipinski definition) is 3. The quantitative estimate of drug-likeness (QED) is 0.895. The zero-order valence-electron chi connectivity index (χ0n) is 10.3. The van der Waals surface area contributed by atoms with Gasteiger partial charge in [0.15, 0.2) is 0 Å². The molecule has 5 heteroatoms. The maximum absolute atomic E-state index is 10.6. The number of aromatic nitrogens is 2. The number of hydrogen-bond donors (Lipinski definition) is 1. The second kappa shape index (κ2) is 4.91. The molecule has 0 atom stereocenters. The number of benzene rings is 1. The molecule has 0 bridgehead atoms. The molecule has 0 saturated carbocycles. The smallest absolute Gasteiger partial charge is 0.323 e. The lowest BCUT2D eigenvalue weighted by Crippen LogP contribution is -2.06. The maximum atomic E-state index is 10.6. The summed E-state index contributed by atoms with van der Waals surface area (Å²) in [6.07, 6.45) is 3.20. The summed E-state index contributed by atoms with van der Waals surface area (Å²) >= 11 is 0. The molecule has 0 spiro atoms. The van der Waals surface area contributed by atoms with Crippen molar-refractivity contribution in [2.75, 3.05) is 7.11 Å². The van der Waals surface area contributed by atoms with E-state index in [1.165, 1.54) is 10.9 Å². The van der Waals surface area contributed by atoms with Crippen molar-refractivity contribution in [2.24, 2.45) is 0 Å². The summed E-state index contributed by atoms with van der Waals surface area (Å²) in [4.78, 5) is 14.8. The Morgan fingerprint density at radius 1 is 1.50 bits per heavy atom. The van der Waals surface area contributed by atoms with E-state index in [9.17, 15) is 4.79 Å². The van der Waals surface area contributed by atoms with Gasteiger partial charge in [0.25, 0.3) is 0 Å². The molecule has 0 aliphatic carbocycles. The van der Waals surface area contributed by atoms with Gasteiger partial charge in [-0.25, -0.2) is 4.98 Å². The normalized spacial score (nSPS) is 10.3. The van der Waals surface area contributed by atoms with Gasteiger partial charge < -0.3 is 14.4 Å². The molecule has 5 nitrogen and oxygen atoms in total. The summed E-state index contributed by atoms with van der Waals surface area (Å²) in [5.74, 6) is -0.170. The van der Waals surface area contributed by atoms with Gasteiger partial charge in [0.1, 0.15) is 12.3 Å². The average molecular weight is 246 g/mol. The first-order valence-electron chi connectivity index (χ1n) is 5.48. The molecule has 94 valence electrons. The van der Waals surface area contributed by atoms with E-state index in [1.807, 2.05) is 25.1 Å². The van der Waals surface area contributed by atoms with Crippen molar-refractivity contribution in [2.45, 2.75) is 13.5 Å². The Morgan fingerprint density at radius 2 is 2.28 bits per heavy atom. The highest BCUT2D eigenvalue weighted by Gasteiger charge is 2.10. The van der Waals surface area contributed by atoms with Crippen LogP contribution in [0.4, 0.5) is 0 Å². The minimum atomic E-state index is -0.893. The SMILES string of the molecule is COc1ccc(C)cc1-c1cn(CC(=O)O)cn1. The lowest BCUT2D eigenvalue weighted by Gasteiger charge is -2.06. The molecular weight excluding hydrogens is 232 g/mol. The molecule has 1 aromatic carbocycles. The fourth-order valence-corrected chi connectivity index (χ4v) is 1.76. The predicted octanol–water partition coefficient (Wildman–Crippen LogP) is 1.95. The molecule has 0 radical (unpaired) electrons. The number of aliphatic carboxylic acids is 1. The van der Waals surface area contributed by atoms with E-state index in [2.05, 4.69) is 4.98 Å². The molecule has 2 rings (SSSR count). The number of nitrogens with zero attached hydrogens (tertiary/aromatic N) is 2. The van der Waals surface area contributed by atoms with E-state index in [-0.39, 0.29) is 6.54 Å². The Balaban J connectivity index is 2.38. The molecule has 18 heavy (non-hydrogen) atoms. The lowest BCUT2D eigenvalue weighted by molar-refractivity contribution is -0.137. The number of rotatable bonds is 4. The maximum Gasteiger partial charge on any atom is 0.323 e. The number of methoxy groups -OCH3 is 1. The summed E-state index contributed by atoms with van der Waals surface area (Å²) in [6, 6.07) is 5.80. The van der Waals surface area contributed by atoms with Crippen LogP contribution in [0.3, 0.4) is 0 Å². The zero-order chi connectivity index (χ0) is 13.1. The van der Waals surface area contributed by atoms with Gasteiger partial charge in [0.2, 0.25) is 0 Å². The van der Waals surface area contributed by atoms with Gasteiger partial charge in [-0.1, -0.05) is 11.6 Å².